The molecule has 0 atom stereocenters. The van der Waals surface area contributed by atoms with E-state index in [2.05, 4.69) is 5.32 Å². The number of hydrogen-bond acceptors (Lipinski definition) is 2. The monoisotopic (exact) mass is 333 g/mol. The molecule has 1 N–H and O–H groups in total. The van der Waals surface area contributed by atoms with Crippen molar-refractivity contribution in [2.45, 2.75) is 0 Å². The molecule has 0 fully saturated rings. The van der Waals surface area contributed by atoms with E-state index in [-0.39, 0.29) is 5.78 Å². The first-order valence-electron chi connectivity index (χ1n) is 7.61. The van der Waals surface area contributed by atoms with E-state index >= 15 is 0 Å². The highest BCUT2D eigenvalue weighted by Crippen LogP contribution is 2.19. The SMILES string of the molecule is O=C(/C=C/Nc1cccc(Cl)c1)c1ccc(-c2ccccc2)cc1. The van der Waals surface area contributed by atoms with Gasteiger partial charge in [0.25, 0.3) is 0 Å². The third-order valence-electron chi connectivity index (χ3n) is 3.59. The zero-order chi connectivity index (χ0) is 16.8. The van der Waals surface area contributed by atoms with Crippen molar-refractivity contribution in [2.24, 2.45) is 0 Å². The van der Waals surface area contributed by atoms with Gasteiger partial charge in [-0.05, 0) is 29.3 Å². The van der Waals surface area contributed by atoms with Gasteiger partial charge in [-0.1, -0.05) is 72.3 Å². The van der Waals surface area contributed by atoms with Gasteiger partial charge in [-0.2, -0.15) is 0 Å². The molecule has 2 nitrogen and oxygen atoms in total. The van der Waals surface area contributed by atoms with Gasteiger partial charge in [-0.25, -0.2) is 0 Å². The Balaban J connectivity index is 1.66. The normalized spacial score (nSPS) is 10.7. The summed E-state index contributed by atoms with van der Waals surface area (Å²) in [7, 11) is 0. The van der Waals surface area contributed by atoms with E-state index < -0.39 is 0 Å². The van der Waals surface area contributed by atoms with Crippen LogP contribution in [0.15, 0.2) is 91.1 Å². The molecular weight excluding hydrogens is 318 g/mol. The van der Waals surface area contributed by atoms with E-state index in [4.69, 9.17) is 11.6 Å². The van der Waals surface area contributed by atoms with Crippen LogP contribution < -0.4 is 5.32 Å². The van der Waals surface area contributed by atoms with E-state index in [1.165, 1.54) is 6.08 Å². The fraction of sp³-hybridized carbons (Fsp3) is 0. The van der Waals surface area contributed by atoms with Crippen LogP contribution >= 0.6 is 11.6 Å². The second-order valence-corrected chi connectivity index (χ2v) is 5.73. The largest absolute Gasteiger partial charge is 0.362 e. The summed E-state index contributed by atoms with van der Waals surface area (Å²) in [6.07, 6.45) is 3.14. The highest BCUT2D eigenvalue weighted by atomic mass is 35.5. The minimum Gasteiger partial charge on any atom is -0.362 e. The number of carbonyl (C=O) groups is 1. The van der Waals surface area contributed by atoms with Crippen LogP contribution in [-0.2, 0) is 0 Å². The van der Waals surface area contributed by atoms with E-state index in [1.807, 2.05) is 66.7 Å². The lowest BCUT2D eigenvalue weighted by Gasteiger charge is -2.03. The van der Waals surface area contributed by atoms with Gasteiger partial charge in [-0.3, -0.25) is 4.79 Å². The summed E-state index contributed by atoms with van der Waals surface area (Å²) in [5.74, 6) is -0.0517. The predicted octanol–water partition coefficient (Wildman–Crippen LogP) is 5.82. The third kappa shape index (κ3) is 4.12. The summed E-state index contributed by atoms with van der Waals surface area (Å²) in [5, 5.41) is 3.69. The molecule has 3 heteroatoms. The van der Waals surface area contributed by atoms with Crippen LogP contribution in [0.1, 0.15) is 10.4 Å². The van der Waals surface area contributed by atoms with Crippen LogP contribution in [0.5, 0.6) is 0 Å². The molecule has 3 aromatic rings. The van der Waals surface area contributed by atoms with Crippen molar-refractivity contribution < 1.29 is 4.79 Å². The average molecular weight is 334 g/mol. The Morgan fingerprint density at radius 2 is 1.54 bits per heavy atom. The highest BCUT2D eigenvalue weighted by molar-refractivity contribution is 6.30. The van der Waals surface area contributed by atoms with Gasteiger partial charge in [-0.15, -0.1) is 0 Å². The fourth-order valence-corrected chi connectivity index (χ4v) is 2.54. The lowest BCUT2D eigenvalue weighted by atomic mass is 10.0. The number of anilines is 1. The highest BCUT2D eigenvalue weighted by Gasteiger charge is 2.02. The maximum atomic E-state index is 12.2. The molecular formula is C21H16ClNO. The Bertz CT molecular complexity index is 855. The number of rotatable bonds is 5. The molecule has 0 saturated heterocycles. The summed E-state index contributed by atoms with van der Waals surface area (Å²) < 4.78 is 0. The van der Waals surface area contributed by atoms with Crippen molar-refractivity contribution >= 4 is 23.1 Å². The van der Waals surface area contributed by atoms with Gasteiger partial charge in [0.15, 0.2) is 5.78 Å². The number of nitrogens with one attached hydrogen (secondary N) is 1. The Hall–Kier alpha value is -2.84. The van der Waals surface area contributed by atoms with Crippen LogP contribution in [0.3, 0.4) is 0 Å². The van der Waals surface area contributed by atoms with Crippen molar-refractivity contribution in [1.29, 1.82) is 0 Å². The van der Waals surface area contributed by atoms with Crippen molar-refractivity contribution in [3.63, 3.8) is 0 Å². The maximum absolute atomic E-state index is 12.2. The second-order valence-electron chi connectivity index (χ2n) is 5.30. The van der Waals surface area contributed by atoms with Gasteiger partial charge in [0.1, 0.15) is 0 Å². The predicted molar refractivity (Wildman–Crippen MR) is 100 cm³/mol. The number of benzene rings is 3. The number of hydrogen-bond donors (Lipinski definition) is 1. The lowest BCUT2D eigenvalue weighted by Crippen LogP contribution is -1.96. The smallest absolute Gasteiger partial charge is 0.187 e. The molecule has 0 aliphatic carbocycles. The summed E-state index contributed by atoms with van der Waals surface area (Å²) in [6.45, 7) is 0. The van der Waals surface area contributed by atoms with Gasteiger partial charge in [0, 0.05) is 28.5 Å². The third-order valence-corrected chi connectivity index (χ3v) is 3.82. The molecule has 0 aromatic heterocycles. The van der Waals surface area contributed by atoms with Gasteiger partial charge in [0.2, 0.25) is 0 Å². The molecule has 3 rings (SSSR count). The van der Waals surface area contributed by atoms with E-state index in [1.54, 1.807) is 18.3 Å². The number of ketones is 1. The molecule has 0 heterocycles. The van der Waals surface area contributed by atoms with Crippen molar-refractivity contribution in [3.05, 3.63) is 102 Å². The second kappa shape index (κ2) is 7.62. The average Bonchev–Trinajstić information content (AvgIpc) is 2.63. The van der Waals surface area contributed by atoms with Gasteiger partial charge in [0.05, 0.1) is 0 Å². The molecule has 0 bridgehead atoms. The topological polar surface area (TPSA) is 29.1 Å². The summed E-state index contributed by atoms with van der Waals surface area (Å²) in [4.78, 5) is 12.2. The maximum Gasteiger partial charge on any atom is 0.187 e. The summed E-state index contributed by atoms with van der Waals surface area (Å²) in [6, 6.07) is 25.0. The summed E-state index contributed by atoms with van der Waals surface area (Å²) >= 11 is 5.92. The van der Waals surface area contributed by atoms with Crippen LogP contribution in [0, 0.1) is 0 Å². The Morgan fingerprint density at radius 3 is 2.25 bits per heavy atom. The summed E-state index contributed by atoms with van der Waals surface area (Å²) in [5.41, 5.74) is 3.72. The lowest BCUT2D eigenvalue weighted by molar-refractivity contribution is 0.104. The molecule has 0 radical (unpaired) electrons. The first-order valence-corrected chi connectivity index (χ1v) is 7.99. The molecule has 3 aromatic carbocycles. The minimum absolute atomic E-state index is 0.0517. The first kappa shape index (κ1) is 16.0. The van der Waals surface area contributed by atoms with Crippen LogP contribution in [0.4, 0.5) is 5.69 Å². The first-order chi connectivity index (χ1) is 11.7. The number of allylic oxidation sites excluding steroid dienone is 1. The van der Waals surface area contributed by atoms with Crippen molar-refractivity contribution in [3.8, 4) is 11.1 Å². The standard InChI is InChI=1S/C21H16ClNO/c22-19-7-4-8-20(15-19)23-14-13-21(24)18-11-9-17(10-12-18)16-5-2-1-3-6-16/h1-15,23H/b14-13+. The molecule has 0 amide bonds. The number of halogens is 1. The van der Waals surface area contributed by atoms with E-state index in [0.717, 1.165) is 16.8 Å². The Kier molecular flexibility index (Phi) is 5.09. The molecule has 0 unspecified atom stereocenters. The quantitative estimate of drug-likeness (QED) is 0.471. The van der Waals surface area contributed by atoms with Crippen LogP contribution in [0.25, 0.3) is 11.1 Å². The van der Waals surface area contributed by atoms with Crippen LogP contribution in [0.2, 0.25) is 5.02 Å². The zero-order valence-corrected chi connectivity index (χ0v) is 13.7. The fourth-order valence-electron chi connectivity index (χ4n) is 2.35. The minimum atomic E-state index is -0.0517. The molecule has 0 spiro atoms. The van der Waals surface area contributed by atoms with E-state index in [9.17, 15) is 4.79 Å². The van der Waals surface area contributed by atoms with Gasteiger partial charge < -0.3 is 5.32 Å². The molecule has 0 aliphatic rings. The Labute approximate surface area is 146 Å². The Morgan fingerprint density at radius 1 is 0.833 bits per heavy atom. The van der Waals surface area contributed by atoms with Gasteiger partial charge >= 0.3 is 0 Å². The molecule has 24 heavy (non-hydrogen) atoms. The zero-order valence-electron chi connectivity index (χ0n) is 12.9. The molecule has 0 saturated carbocycles. The number of carbonyl (C=O) groups excluding carboxylic acids is 1. The van der Waals surface area contributed by atoms with E-state index in [0.29, 0.717) is 10.6 Å². The van der Waals surface area contributed by atoms with Crippen molar-refractivity contribution in [2.75, 3.05) is 5.32 Å². The van der Waals surface area contributed by atoms with Crippen LogP contribution in [-0.4, -0.2) is 5.78 Å². The molecule has 118 valence electrons. The molecule has 0 aliphatic heterocycles. The van der Waals surface area contributed by atoms with Crippen molar-refractivity contribution in [1.82, 2.24) is 0 Å².